The maximum Gasteiger partial charge on any atom is 0.342 e. The Morgan fingerprint density at radius 1 is 1.62 bits per heavy atom. The molecule has 0 aliphatic rings. The minimum atomic E-state index is -1.86. The predicted molar refractivity (Wildman–Crippen MR) is 77.5 cm³/mol. The van der Waals surface area contributed by atoms with Gasteiger partial charge in [-0.2, -0.15) is 0 Å². The quantitative estimate of drug-likeness (QED) is 0.362. The van der Waals surface area contributed by atoms with Crippen molar-refractivity contribution in [1.82, 2.24) is 14.9 Å². The van der Waals surface area contributed by atoms with Crippen molar-refractivity contribution in [2.75, 3.05) is 6.61 Å². The van der Waals surface area contributed by atoms with E-state index < -0.39 is 20.9 Å². The van der Waals surface area contributed by atoms with E-state index in [0.29, 0.717) is 5.82 Å². The number of aryl methyl sites for hydroxylation is 1. The first-order valence-electron chi connectivity index (χ1n) is 5.75. The summed E-state index contributed by atoms with van der Waals surface area (Å²) in [5, 5.41) is 13.2. The molecular weight excluding hydrogens is 346 g/mol. The Morgan fingerprint density at radius 3 is 2.71 bits per heavy atom. The van der Waals surface area contributed by atoms with Crippen molar-refractivity contribution in [2.24, 2.45) is 0 Å². The number of hydrogen-bond acceptors (Lipinski definition) is 5. The van der Waals surface area contributed by atoms with Gasteiger partial charge in [0.15, 0.2) is 12.1 Å². The number of alkyl halides is 3. The minimum absolute atomic E-state index is 0.0170. The molecule has 0 unspecified atom stereocenters. The zero-order valence-corrected chi connectivity index (χ0v) is 13.4. The number of amides is 1. The Hall–Kier alpha value is -1.09. The molecule has 1 atom stereocenters. The van der Waals surface area contributed by atoms with Gasteiger partial charge in [0.25, 0.3) is 0 Å². The first-order chi connectivity index (χ1) is 9.62. The number of nitrogens with zero attached hydrogens (tertiary/aromatic N) is 3. The summed E-state index contributed by atoms with van der Waals surface area (Å²) in [7, 11) is 0. The van der Waals surface area contributed by atoms with Crippen LogP contribution in [0.25, 0.3) is 0 Å². The van der Waals surface area contributed by atoms with E-state index in [2.05, 4.69) is 10.3 Å². The molecule has 118 valence electrons. The summed E-state index contributed by atoms with van der Waals surface area (Å²) in [5.41, 5.74) is 0. The van der Waals surface area contributed by atoms with E-state index in [1.807, 2.05) is 0 Å². The molecule has 21 heavy (non-hydrogen) atoms. The van der Waals surface area contributed by atoms with Crippen LogP contribution in [0.4, 0.5) is 5.82 Å². The molecule has 1 aromatic heterocycles. The average Bonchev–Trinajstić information content (AvgIpc) is 2.68. The maximum absolute atomic E-state index is 11.0. The van der Waals surface area contributed by atoms with E-state index in [1.165, 1.54) is 11.5 Å². The van der Waals surface area contributed by atoms with Crippen molar-refractivity contribution in [1.29, 1.82) is 0 Å². The highest BCUT2D eigenvalue weighted by atomic mass is 35.6. The van der Waals surface area contributed by atoms with Crippen molar-refractivity contribution in [3.05, 3.63) is 22.1 Å². The van der Waals surface area contributed by atoms with Crippen LogP contribution in [0.2, 0.25) is 0 Å². The Labute approximate surface area is 135 Å². The van der Waals surface area contributed by atoms with E-state index in [4.69, 9.17) is 39.5 Å². The lowest BCUT2D eigenvalue weighted by Crippen LogP contribution is -2.45. The first kappa shape index (κ1) is 18.0. The van der Waals surface area contributed by atoms with Crippen LogP contribution in [0.5, 0.6) is 0 Å². The van der Waals surface area contributed by atoms with E-state index in [-0.39, 0.29) is 19.0 Å². The third-order valence-electron chi connectivity index (χ3n) is 2.45. The lowest BCUT2D eigenvalue weighted by molar-refractivity contribution is -0.392. The van der Waals surface area contributed by atoms with Gasteiger partial charge in [-0.1, -0.05) is 34.8 Å². The molecule has 0 radical (unpaired) electrons. The topological polar surface area (TPSA) is 99.3 Å². The number of rotatable bonds is 6. The Kier molecular flexibility index (Phi) is 6.21. The van der Waals surface area contributed by atoms with Crippen molar-refractivity contribution >= 4 is 46.5 Å². The largest absolute Gasteiger partial charge is 0.358 e. The molecule has 0 saturated carbocycles. The highest BCUT2D eigenvalue weighted by Gasteiger charge is 2.34. The second-order valence-corrected chi connectivity index (χ2v) is 6.43. The van der Waals surface area contributed by atoms with Crippen molar-refractivity contribution in [3.8, 4) is 0 Å². The van der Waals surface area contributed by atoms with Crippen LogP contribution in [-0.2, 0) is 16.1 Å². The minimum Gasteiger partial charge on any atom is -0.358 e. The van der Waals surface area contributed by atoms with Crippen LogP contribution < -0.4 is 5.32 Å². The summed E-state index contributed by atoms with van der Waals surface area (Å²) in [6.07, 6.45) is -0.0156. The molecule has 0 aromatic carbocycles. The van der Waals surface area contributed by atoms with Gasteiger partial charge >= 0.3 is 5.82 Å². The van der Waals surface area contributed by atoms with Gasteiger partial charge in [-0.15, -0.1) is 0 Å². The second kappa shape index (κ2) is 7.26. The van der Waals surface area contributed by atoms with Gasteiger partial charge in [0, 0.05) is 13.8 Å². The number of imidazole rings is 1. The molecule has 1 rings (SSSR count). The third-order valence-corrected chi connectivity index (χ3v) is 3.05. The van der Waals surface area contributed by atoms with E-state index >= 15 is 0 Å². The number of aromatic nitrogens is 2. The SMILES string of the molecule is CC(=O)N[C@H](OCCn1c([N+](=O)[O-])cnc1C)C(Cl)(Cl)Cl. The maximum atomic E-state index is 11.0. The summed E-state index contributed by atoms with van der Waals surface area (Å²) in [5.74, 6) is -0.146. The fraction of sp³-hybridized carbons (Fsp3) is 0.600. The van der Waals surface area contributed by atoms with Crippen LogP contribution in [0.15, 0.2) is 6.20 Å². The average molecular weight is 360 g/mol. The molecule has 0 aliphatic heterocycles. The standard InChI is InChI=1S/C10H13Cl3N4O4/c1-6-14-5-8(17(19)20)16(6)3-4-21-9(10(11,12)13)15-7(2)18/h5,9H,3-4H2,1-2H3,(H,15,18)/t9-/m1/s1. The number of carbonyl (C=O) groups excluding carboxylic acids is 1. The second-order valence-electron chi connectivity index (χ2n) is 4.07. The monoisotopic (exact) mass is 358 g/mol. The van der Waals surface area contributed by atoms with Crippen LogP contribution in [0, 0.1) is 17.0 Å². The van der Waals surface area contributed by atoms with Crippen LogP contribution >= 0.6 is 34.8 Å². The number of halogens is 3. The number of carbonyl (C=O) groups is 1. The van der Waals surface area contributed by atoms with Gasteiger partial charge in [0.1, 0.15) is 12.7 Å². The van der Waals surface area contributed by atoms with Crippen molar-refractivity contribution < 1.29 is 14.5 Å². The summed E-state index contributed by atoms with van der Waals surface area (Å²) in [6, 6.07) is 0. The third kappa shape index (κ3) is 5.31. The highest BCUT2D eigenvalue weighted by molar-refractivity contribution is 6.68. The molecule has 8 nitrogen and oxygen atoms in total. The van der Waals surface area contributed by atoms with Gasteiger partial charge in [0.05, 0.1) is 6.61 Å². The Bertz CT molecular complexity index is 529. The van der Waals surface area contributed by atoms with E-state index in [0.717, 1.165) is 6.20 Å². The molecule has 0 aliphatic carbocycles. The molecule has 0 bridgehead atoms. The number of hydrogen-bond donors (Lipinski definition) is 1. The van der Waals surface area contributed by atoms with Gasteiger partial charge < -0.3 is 20.2 Å². The Morgan fingerprint density at radius 2 is 2.24 bits per heavy atom. The van der Waals surface area contributed by atoms with Gasteiger partial charge in [-0.3, -0.25) is 4.79 Å². The fourth-order valence-electron chi connectivity index (χ4n) is 1.54. The Balaban J connectivity index is 2.68. The molecule has 0 spiro atoms. The molecule has 0 fully saturated rings. The molecule has 0 saturated heterocycles. The summed E-state index contributed by atoms with van der Waals surface area (Å²) >= 11 is 17.0. The van der Waals surface area contributed by atoms with Crippen molar-refractivity contribution in [2.45, 2.75) is 30.4 Å². The molecule has 1 heterocycles. The first-order valence-corrected chi connectivity index (χ1v) is 6.88. The van der Waals surface area contributed by atoms with Gasteiger partial charge in [-0.25, -0.2) is 9.55 Å². The van der Waals surface area contributed by atoms with Gasteiger partial charge in [0.2, 0.25) is 9.70 Å². The smallest absolute Gasteiger partial charge is 0.342 e. The lowest BCUT2D eigenvalue weighted by Gasteiger charge is -2.24. The van der Waals surface area contributed by atoms with E-state index in [9.17, 15) is 14.9 Å². The number of nitrogens with one attached hydrogen (secondary N) is 1. The fourth-order valence-corrected chi connectivity index (χ4v) is 1.90. The highest BCUT2D eigenvalue weighted by Crippen LogP contribution is 2.31. The van der Waals surface area contributed by atoms with Crippen LogP contribution in [-0.4, -0.2) is 37.0 Å². The number of ether oxygens (including phenoxy) is 1. The van der Waals surface area contributed by atoms with Gasteiger partial charge in [-0.05, 0) is 4.92 Å². The molecule has 11 heteroatoms. The molecule has 1 aromatic rings. The van der Waals surface area contributed by atoms with Crippen molar-refractivity contribution in [3.63, 3.8) is 0 Å². The summed E-state index contributed by atoms with van der Waals surface area (Å²) in [4.78, 5) is 25.1. The zero-order chi connectivity index (χ0) is 16.2. The normalized spacial score (nSPS) is 13.0. The molecule has 1 amide bonds. The van der Waals surface area contributed by atoms with Crippen LogP contribution in [0.1, 0.15) is 12.7 Å². The zero-order valence-electron chi connectivity index (χ0n) is 11.2. The summed E-state index contributed by atoms with van der Waals surface area (Å²) in [6.45, 7) is 2.97. The molecule has 1 N–H and O–H groups in total. The predicted octanol–water partition coefficient (Wildman–Crippen LogP) is 1.95. The number of nitro groups is 1. The summed E-state index contributed by atoms with van der Waals surface area (Å²) < 4.78 is 4.77. The van der Waals surface area contributed by atoms with E-state index in [1.54, 1.807) is 6.92 Å². The molecular formula is C10H13Cl3N4O4. The lowest BCUT2D eigenvalue weighted by atomic mass is 10.5. The van der Waals surface area contributed by atoms with Crippen LogP contribution in [0.3, 0.4) is 0 Å².